The van der Waals surface area contributed by atoms with E-state index in [1.165, 1.54) is 0 Å². The summed E-state index contributed by atoms with van der Waals surface area (Å²) in [4.78, 5) is 24.1. The van der Waals surface area contributed by atoms with Crippen molar-refractivity contribution in [3.63, 3.8) is 0 Å². The summed E-state index contributed by atoms with van der Waals surface area (Å²) in [5.41, 5.74) is 0. The van der Waals surface area contributed by atoms with E-state index < -0.39 is 0 Å². The molecule has 0 aromatic heterocycles. The van der Waals surface area contributed by atoms with Gasteiger partial charge in [0.25, 0.3) is 0 Å². The molecule has 15 heavy (non-hydrogen) atoms. The Bertz CT molecular complexity index is 242. The summed E-state index contributed by atoms with van der Waals surface area (Å²) in [5.74, 6) is -0.419. The Labute approximate surface area is 89.3 Å². The number of likely N-dealkylation sites (N-methyl/N-ethyl adjacent to an activating group) is 1. The van der Waals surface area contributed by atoms with Gasteiger partial charge in [-0.05, 0) is 14.0 Å². The van der Waals surface area contributed by atoms with Gasteiger partial charge in [0, 0.05) is 13.0 Å². The minimum Gasteiger partial charge on any atom is -0.466 e. The van der Waals surface area contributed by atoms with Crippen molar-refractivity contribution in [3.05, 3.63) is 0 Å². The minimum absolute atomic E-state index is 0.193. The average molecular weight is 215 g/mol. The normalized spacial score (nSPS) is 20.5. The maximum absolute atomic E-state index is 11.2. The second-order valence-corrected chi connectivity index (χ2v) is 3.51. The molecule has 1 saturated heterocycles. The van der Waals surface area contributed by atoms with Gasteiger partial charge in [-0.3, -0.25) is 14.5 Å². The molecule has 86 valence electrons. The van der Waals surface area contributed by atoms with Gasteiger partial charge in [0.15, 0.2) is 0 Å². The van der Waals surface area contributed by atoms with E-state index in [2.05, 4.69) is 0 Å². The Kier molecular flexibility index (Phi) is 4.55. The first-order chi connectivity index (χ1) is 7.15. The van der Waals surface area contributed by atoms with Crippen molar-refractivity contribution in [3.8, 4) is 0 Å². The van der Waals surface area contributed by atoms with Crippen LogP contribution in [-0.4, -0.2) is 49.7 Å². The fourth-order valence-corrected chi connectivity index (χ4v) is 1.54. The predicted molar refractivity (Wildman–Crippen MR) is 53.2 cm³/mol. The van der Waals surface area contributed by atoms with Crippen molar-refractivity contribution < 1.29 is 19.1 Å². The number of hydrogen-bond donors (Lipinski definition) is 0. The van der Waals surface area contributed by atoms with Gasteiger partial charge in [-0.15, -0.1) is 0 Å². The van der Waals surface area contributed by atoms with Gasteiger partial charge in [-0.2, -0.15) is 0 Å². The highest BCUT2D eigenvalue weighted by Crippen LogP contribution is 2.12. The number of nitrogens with zero attached hydrogens (tertiary/aromatic N) is 1. The maximum atomic E-state index is 11.2. The van der Waals surface area contributed by atoms with Crippen LogP contribution in [0.5, 0.6) is 0 Å². The third-order valence-electron chi connectivity index (χ3n) is 2.41. The number of carbonyl (C=O) groups is 2. The molecule has 0 amide bonds. The van der Waals surface area contributed by atoms with Crippen molar-refractivity contribution in [2.75, 3.05) is 26.8 Å². The van der Waals surface area contributed by atoms with Crippen LogP contribution in [0, 0.1) is 0 Å². The van der Waals surface area contributed by atoms with Crippen LogP contribution in [0.25, 0.3) is 0 Å². The SMILES string of the molecule is CCOC(=O)CCN(C)C1CCOC1=O. The highest BCUT2D eigenvalue weighted by Gasteiger charge is 2.30. The minimum atomic E-state index is -0.226. The standard InChI is InChI=1S/C10H17NO4/c1-3-14-9(12)4-6-11(2)8-5-7-15-10(8)13/h8H,3-7H2,1-2H3. The van der Waals surface area contributed by atoms with E-state index in [1.54, 1.807) is 6.92 Å². The van der Waals surface area contributed by atoms with Crippen molar-refractivity contribution in [2.24, 2.45) is 0 Å². The molecule has 1 heterocycles. The van der Waals surface area contributed by atoms with Gasteiger partial charge in [0.2, 0.25) is 0 Å². The average Bonchev–Trinajstić information content (AvgIpc) is 2.61. The van der Waals surface area contributed by atoms with Gasteiger partial charge >= 0.3 is 11.9 Å². The summed E-state index contributed by atoms with van der Waals surface area (Å²) < 4.78 is 9.64. The second kappa shape index (κ2) is 5.70. The van der Waals surface area contributed by atoms with Crippen LogP contribution >= 0.6 is 0 Å². The van der Waals surface area contributed by atoms with Crippen LogP contribution in [0.15, 0.2) is 0 Å². The zero-order valence-corrected chi connectivity index (χ0v) is 9.19. The molecule has 1 fully saturated rings. The van der Waals surface area contributed by atoms with Crippen LogP contribution in [-0.2, 0) is 19.1 Å². The summed E-state index contributed by atoms with van der Waals surface area (Å²) in [6.07, 6.45) is 1.02. The quantitative estimate of drug-likeness (QED) is 0.613. The third kappa shape index (κ3) is 3.51. The van der Waals surface area contributed by atoms with Crippen molar-refractivity contribution in [1.82, 2.24) is 4.90 Å². The Morgan fingerprint density at radius 2 is 2.40 bits per heavy atom. The third-order valence-corrected chi connectivity index (χ3v) is 2.41. The fourth-order valence-electron chi connectivity index (χ4n) is 1.54. The lowest BCUT2D eigenvalue weighted by Gasteiger charge is -2.19. The van der Waals surface area contributed by atoms with Crippen LogP contribution in [0.1, 0.15) is 19.8 Å². The maximum Gasteiger partial charge on any atom is 0.323 e. The molecule has 0 saturated carbocycles. The molecule has 1 atom stereocenters. The van der Waals surface area contributed by atoms with E-state index in [-0.39, 0.29) is 18.0 Å². The summed E-state index contributed by atoms with van der Waals surface area (Å²) in [7, 11) is 1.82. The van der Waals surface area contributed by atoms with Gasteiger partial charge in [-0.25, -0.2) is 0 Å². The van der Waals surface area contributed by atoms with E-state index in [4.69, 9.17) is 9.47 Å². The van der Waals surface area contributed by atoms with Crippen molar-refractivity contribution in [2.45, 2.75) is 25.8 Å². The Balaban J connectivity index is 2.26. The molecule has 0 radical (unpaired) electrons. The molecule has 1 rings (SSSR count). The molecule has 1 aliphatic heterocycles. The van der Waals surface area contributed by atoms with Crippen LogP contribution in [0.4, 0.5) is 0 Å². The van der Waals surface area contributed by atoms with Crippen LogP contribution in [0.3, 0.4) is 0 Å². The van der Waals surface area contributed by atoms with Gasteiger partial charge < -0.3 is 9.47 Å². The van der Waals surface area contributed by atoms with E-state index in [0.29, 0.717) is 32.6 Å². The topological polar surface area (TPSA) is 55.8 Å². The highest BCUT2D eigenvalue weighted by atomic mass is 16.5. The lowest BCUT2D eigenvalue weighted by Crippen LogP contribution is -2.36. The lowest BCUT2D eigenvalue weighted by molar-refractivity contribution is -0.145. The molecular weight excluding hydrogens is 198 g/mol. The molecule has 1 unspecified atom stereocenters. The van der Waals surface area contributed by atoms with Crippen molar-refractivity contribution in [1.29, 1.82) is 0 Å². The molecule has 5 heteroatoms. The Morgan fingerprint density at radius 1 is 1.67 bits per heavy atom. The molecule has 0 N–H and O–H groups in total. The van der Waals surface area contributed by atoms with E-state index in [1.807, 2.05) is 11.9 Å². The molecule has 1 aliphatic rings. The zero-order chi connectivity index (χ0) is 11.3. The number of ether oxygens (including phenoxy) is 2. The number of esters is 2. The van der Waals surface area contributed by atoms with Gasteiger partial charge in [0.1, 0.15) is 6.04 Å². The summed E-state index contributed by atoms with van der Waals surface area (Å²) in [6.45, 7) is 3.18. The Hall–Kier alpha value is -1.10. The second-order valence-electron chi connectivity index (χ2n) is 3.51. The molecular formula is C10H17NO4. The van der Waals surface area contributed by atoms with Gasteiger partial charge in [0.05, 0.1) is 19.6 Å². The molecule has 0 aromatic rings. The predicted octanol–water partition coefficient (Wildman–Crippen LogP) is 0.187. The summed E-state index contributed by atoms with van der Waals surface area (Å²) in [6, 6.07) is -0.195. The summed E-state index contributed by atoms with van der Waals surface area (Å²) in [5, 5.41) is 0. The molecule has 5 nitrogen and oxygen atoms in total. The van der Waals surface area contributed by atoms with Crippen molar-refractivity contribution >= 4 is 11.9 Å². The first kappa shape index (κ1) is 12.0. The highest BCUT2D eigenvalue weighted by molar-refractivity contribution is 5.77. The van der Waals surface area contributed by atoms with E-state index >= 15 is 0 Å². The summed E-state index contributed by atoms with van der Waals surface area (Å²) >= 11 is 0. The lowest BCUT2D eigenvalue weighted by atomic mass is 10.2. The number of hydrogen-bond acceptors (Lipinski definition) is 5. The molecule has 0 aliphatic carbocycles. The number of rotatable bonds is 5. The first-order valence-electron chi connectivity index (χ1n) is 5.17. The molecule has 0 aromatic carbocycles. The zero-order valence-electron chi connectivity index (χ0n) is 9.19. The number of cyclic esters (lactones) is 1. The smallest absolute Gasteiger partial charge is 0.323 e. The molecule has 0 bridgehead atoms. The monoisotopic (exact) mass is 215 g/mol. The number of carbonyl (C=O) groups excluding carboxylic acids is 2. The van der Waals surface area contributed by atoms with E-state index in [9.17, 15) is 9.59 Å². The van der Waals surface area contributed by atoms with E-state index in [0.717, 1.165) is 0 Å². The van der Waals surface area contributed by atoms with Crippen LogP contribution in [0.2, 0.25) is 0 Å². The molecule has 0 spiro atoms. The Morgan fingerprint density at radius 3 is 2.93 bits per heavy atom. The van der Waals surface area contributed by atoms with Crippen LogP contribution < -0.4 is 0 Å². The largest absolute Gasteiger partial charge is 0.466 e. The fraction of sp³-hybridized carbons (Fsp3) is 0.800. The first-order valence-corrected chi connectivity index (χ1v) is 5.17. The van der Waals surface area contributed by atoms with Gasteiger partial charge in [-0.1, -0.05) is 0 Å².